The molecule has 23 heavy (non-hydrogen) atoms. The number of amides is 1. The van der Waals surface area contributed by atoms with Crippen LogP contribution in [0.5, 0.6) is 11.5 Å². The van der Waals surface area contributed by atoms with E-state index in [1.165, 1.54) is 26.4 Å². The average Bonchev–Trinajstić information content (AvgIpc) is 2.51. The number of nitrogens with one attached hydrogen (secondary N) is 1. The van der Waals surface area contributed by atoms with Crippen molar-refractivity contribution in [2.75, 3.05) is 25.3 Å². The van der Waals surface area contributed by atoms with Gasteiger partial charge in [-0.3, -0.25) is 4.79 Å². The van der Waals surface area contributed by atoms with E-state index in [0.29, 0.717) is 26.3 Å². The van der Waals surface area contributed by atoms with Crippen molar-refractivity contribution in [2.24, 2.45) is 0 Å². The highest BCUT2D eigenvalue weighted by Gasteiger charge is 2.16. The number of carbonyl (C=O) groups excluding carboxylic acids is 1. The van der Waals surface area contributed by atoms with Crippen LogP contribution < -0.4 is 20.5 Å². The molecule has 2 aromatic rings. The van der Waals surface area contributed by atoms with E-state index >= 15 is 0 Å². The predicted molar refractivity (Wildman–Crippen MR) is 101 cm³/mol. The zero-order valence-electron chi connectivity index (χ0n) is 12.2. The summed E-state index contributed by atoms with van der Waals surface area (Å²) in [5.41, 5.74) is 6.84. The Labute approximate surface area is 157 Å². The monoisotopic (exact) mass is 466 g/mol. The third-order valence-electron chi connectivity index (χ3n) is 3.05. The van der Waals surface area contributed by atoms with Gasteiger partial charge in [-0.2, -0.15) is 0 Å². The Morgan fingerprint density at radius 2 is 1.61 bits per heavy atom. The molecule has 0 bridgehead atoms. The number of methoxy groups -OCH3 is 2. The summed E-state index contributed by atoms with van der Waals surface area (Å²) >= 11 is 14.0. The van der Waals surface area contributed by atoms with Crippen LogP contribution in [0.25, 0.3) is 0 Å². The average molecular weight is 467 g/mol. The van der Waals surface area contributed by atoms with Gasteiger partial charge in [-0.25, -0.2) is 0 Å². The van der Waals surface area contributed by atoms with E-state index in [2.05, 4.69) is 27.9 Å². The Morgan fingerprint density at radius 1 is 1.09 bits per heavy atom. The molecule has 0 aliphatic carbocycles. The van der Waals surface area contributed by atoms with Crippen LogP contribution in [0.3, 0.4) is 0 Å². The van der Waals surface area contributed by atoms with E-state index in [1.807, 2.05) is 0 Å². The van der Waals surface area contributed by atoms with Crippen molar-refractivity contribution >= 4 is 63.1 Å². The topological polar surface area (TPSA) is 73.6 Å². The van der Waals surface area contributed by atoms with E-state index in [4.69, 9.17) is 38.4 Å². The number of hydrogen-bond acceptors (Lipinski definition) is 4. The minimum atomic E-state index is -0.327. The van der Waals surface area contributed by atoms with Crippen LogP contribution in [0.4, 0.5) is 11.4 Å². The molecule has 0 radical (unpaired) electrons. The Hall–Kier alpha value is -1.38. The number of hydrogen-bond donors (Lipinski definition) is 2. The quantitative estimate of drug-likeness (QED) is 0.515. The number of carbonyl (C=O) groups is 1. The predicted octanol–water partition coefficient (Wildman–Crippen LogP) is 4.45. The fraction of sp³-hybridized carbons (Fsp3) is 0.133. The number of anilines is 2. The van der Waals surface area contributed by atoms with E-state index in [0.717, 1.165) is 0 Å². The Bertz CT molecular complexity index is 746. The highest BCUT2D eigenvalue weighted by Crippen LogP contribution is 2.33. The van der Waals surface area contributed by atoms with Crippen LogP contribution in [-0.2, 0) is 0 Å². The van der Waals surface area contributed by atoms with E-state index < -0.39 is 0 Å². The minimum Gasteiger partial charge on any atom is -0.493 e. The molecule has 0 unspecified atom stereocenters. The summed E-state index contributed by atoms with van der Waals surface area (Å²) in [6, 6.07) is 6.40. The lowest BCUT2D eigenvalue weighted by Crippen LogP contribution is -2.14. The second kappa shape index (κ2) is 7.46. The van der Waals surface area contributed by atoms with Crippen LogP contribution in [0.2, 0.25) is 10.0 Å². The molecule has 1 amide bonds. The van der Waals surface area contributed by atoms with Gasteiger partial charge in [0.1, 0.15) is 0 Å². The van der Waals surface area contributed by atoms with Crippen molar-refractivity contribution in [1.29, 1.82) is 0 Å². The SMILES string of the molecule is COc1cc(I)c(C(=O)Nc2cc(Cl)c(N)c(Cl)c2)cc1OC. The summed E-state index contributed by atoms with van der Waals surface area (Å²) < 4.78 is 11.1. The van der Waals surface area contributed by atoms with Crippen LogP contribution in [0, 0.1) is 3.57 Å². The third kappa shape index (κ3) is 3.94. The molecule has 8 heteroatoms. The molecule has 2 aromatic carbocycles. The van der Waals surface area contributed by atoms with Crippen molar-refractivity contribution in [2.45, 2.75) is 0 Å². The molecule has 0 atom stereocenters. The van der Waals surface area contributed by atoms with E-state index in [9.17, 15) is 4.79 Å². The smallest absolute Gasteiger partial charge is 0.256 e. The van der Waals surface area contributed by atoms with Crippen molar-refractivity contribution in [3.8, 4) is 11.5 Å². The Kier molecular flexibility index (Phi) is 5.83. The maximum Gasteiger partial charge on any atom is 0.256 e. The zero-order valence-corrected chi connectivity index (χ0v) is 15.9. The first kappa shape index (κ1) is 18.0. The van der Waals surface area contributed by atoms with Gasteiger partial charge in [0.15, 0.2) is 11.5 Å². The first-order chi connectivity index (χ1) is 10.9. The molecule has 0 aromatic heterocycles. The van der Waals surface area contributed by atoms with Gasteiger partial charge in [0.25, 0.3) is 5.91 Å². The summed E-state index contributed by atoms with van der Waals surface area (Å²) in [4.78, 5) is 12.5. The van der Waals surface area contributed by atoms with Crippen LogP contribution in [0.15, 0.2) is 24.3 Å². The fourth-order valence-corrected chi connectivity index (χ4v) is 3.05. The fourth-order valence-electron chi connectivity index (χ4n) is 1.88. The number of halogens is 3. The van der Waals surface area contributed by atoms with Gasteiger partial charge in [0.2, 0.25) is 0 Å². The standard InChI is InChI=1S/C15H13Cl2IN2O3/c1-22-12-5-8(11(18)6-13(12)23-2)15(21)20-7-3-9(16)14(19)10(17)4-7/h3-6H,19H2,1-2H3,(H,20,21). The number of rotatable bonds is 4. The van der Waals surface area contributed by atoms with Gasteiger partial charge in [-0.05, 0) is 46.9 Å². The van der Waals surface area contributed by atoms with Crippen LogP contribution in [0.1, 0.15) is 10.4 Å². The highest BCUT2D eigenvalue weighted by atomic mass is 127. The van der Waals surface area contributed by atoms with Crippen molar-refractivity contribution in [3.05, 3.63) is 43.4 Å². The molecule has 122 valence electrons. The van der Waals surface area contributed by atoms with E-state index in [-0.39, 0.29) is 21.6 Å². The lowest BCUT2D eigenvalue weighted by Gasteiger charge is -2.13. The molecule has 0 fully saturated rings. The lowest BCUT2D eigenvalue weighted by molar-refractivity contribution is 0.102. The molecule has 2 rings (SSSR count). The molecule has 5 nitrogen and oxygen atoms in total. The molecule has 0 aliphatic rings. The molecule has 3 N–H and O–H groups in total. The number of benzene rings is 2. The summed E-state index contributed by atoms with van der Waals surface area (Å²) in [6.45, 7) is 0. The van der Waals surface area contributed by atoms with Crippen LogP contribution in [-0.4, -0.2) is 20.1 Å². The molecular weight excluding hydrogens is 454 g/mol. The molecule has 0 spiro atoms. The van der Waals surface area contributed by atoms with Gasteiger partial charge in [0, 0.05) is 9.26 Å². The number of nitrogens with two attached hydrogens (primary N) is 1. The Balaban J connectivity index is 2.34. The first-order valence-corrected chi connectivity index (χ1v) is 8.18. The van der Waals surface area contributed by atoms with Gasteiger partial charge in [-0.1, -0.05) is 23.2 Å². The van der Waals surface area contributed by atoms with Crippen molar-refractivity contribution in [1.82, 2.24) is 0 Å². The van der Waals surface area contributed by atoms with E-state index in [1.54, 1.807) is 12.1 Å². The van der Waals surface area contributed by atoms with Gasteiger partial charge >= 0.3 is 0 Å². The third-order valence-corrected chi connectivity index (χ3v) is 4.57. The highest BCUT2D eigenvalue weighted by molar-refractivity contribution is 14.1. The second-order valence-corrected chi connectivity index (χ2v) is 6.47. The van der Waals surface area contributed by atoms with Crippen LogP contribution >= 0.6 is 45.8 Å². The maximum atomic E-state index is 12.5. The van der Waals surface area contributed by atoms with Crippen molar-refractivity contribution in [3.63, 3.8) is 0 Å². The molecule has 0 saturated carbocycles. The largest absolute Gasteiger partial charge is 0.493 e. The molecule has 0 aliphatic heterocycles. The normalized spacial score (nSPS) is 10.3. The zero-order chi connectivity index (χ0) is 17.1. The van der Waals surface area contributed by atoms with Gasteiger partial charge < -0.3 is 20.5 Å². The molecule has 0 heterocycles. The lowest BCUT2D eigenvalue weighted by atomic mass is 10.1. The van der Waals surface area contributed by atoms with Gasteiger partial charge in [0.05, 0.1) is 35.5 Å². The number of ether oxygens (including phenoxy) is 2. The summed E-state index contributed by atoms with van der Waals surface area (Å²) in [5.74, 6) is 0.686. The summed E-state index contributed by atoms with van der Waals surface area (Å²) in [5, 5.41) is 3.28. The second-order valence-electron chi connectivity index (χ2n) is 4.49. The van der Waals surface area contributed by atoms with Gasteiger partial charge in [-0.15, -0.1) is 0 Å². The summed E-state index contributed by atoms with van der Waals surface area (Å²) in [7, 11) is 3.04. The minimum absolute atomic E-state index is 0.270. The number of nitrogen functional groups attached to an aromatic ring is 1. The maximum absolute atomic E-state index is 12.5. The summed E-state index contributed by atoms with van der Waals surface area (Å²) in [6.07, 6.45) is 0. The van der Waals surface area contributed by atoms with Crippen molar-refractivity contribution < 1.29 is 14.3 Å². The molecule has 0 saturated heterocycles. The first-order valence-electron chi connectivity index (χ1n) is 6.34. The Morgan fingerprint density at radius 3 is 2.13 bits per heavy atom. The molecular formula is C15H13Cl2IN2O3.